The third-order valence-electron chi connectivity index (χ3n) is 5.17. The van der Waals surface area contributed by atoms with Crippen LogP contribution in [0.25, 0.3) is 0 Å². The lowest BCUT2D eigenvalue weighted by Crippen LogP contribution is -2.29. The minimum Gasteiger partial charge on any atom is -0.497 e. The highest BCUT2D eigenvalue weighted by atomic mass is 79.9. The minimum absolute atomic E-state index is 0.210. The maximum atomic E-state index is 13.3. The Morgan fingerprint density at radius 3 is 2.21 bits per heavy atom. The van der Waals surface area contributed by atoms with Crippen LogP contribution in [0.2, 0.25) is 0 Å². The molecule has 0 saturated heterocycles. The predicted molar refractivity (Wildman–Crippen MR) is 118 cm³/mol. The van der Waals surface area contributed by atoms with Gasteiger partial charge in [-0.2, -0.15) is 0 Å². The lowest BCUT2D eigenvalue weighted by molar-refractivity contribution is 0.102. The monoisotopic (exact) mass is 448 g/mol. The molecule has 0 aliphatic heterocycles. The van der Waals surface area contributed by atoms with Gasteiger partial charge in [0, 0.05) is 24.1 Å². The van der Waals surface area contributed by atoms with Crippen molar-refractivity contribution < 1.29 is 9.53 Å². The second-order valence-corrected chi connectivity index (χ2v) is 7.63. The number of benzene rings is 1. The molecule has 0 fully saturated rings. The Balaban J connectivity index is 2.62. The zero-order chi connectivity index (χ0) is 21.0. The van der Waals surface area contributed by atoms with Crippen LogP contribution in [0.4, 0.5) is 5.69 Å². The summed E-state index contributed by atoms with van der Waals surface area (Å²) in [6, 6.07) is 3.87. The van der Waals surface area contributed by atoms with Crippen molar-refractivity contribution in [1.82, 2.24) is 4.57 Å². The number of halogens is 1. The summed E-state index contributed by atoms with van der Waals surface area (Å²) in [7, 11) is 3.53. The van der Waals surface area contributed by atoms with Crippen LogP contribution in [0.5, 0.6) is 5.75 Å². The fraction of sp³-hybridized carbons (Fsp3) is 0.455. The summed E-state index contributed by atoms with van der Waals surface area (Å²) in [5, 5.41) is 3.03. The van der Waals surface area contributed by atoms with E-state index in [2.05, 4.69) is 21.2 Å². The van der Waals surface area contributed by atoms with Gasteiger partial charge in [0.2, 0.25) is 5.43 Å². The fourth-order valence-electron chi connectivity index (χ4n) is 3.43. The summed E-state index contributed by atoms with van der Waals surface area (Å²) in [5.74, 6) is 0.409. The van der Waals surface area contributed by atoms with Crippen LogP contribution in [0.3, 0.4) is 0 Å². The molecular formula is C22H29BrN2O3. The van der Waals surface area contributed by atoms with Crippen LogP contribution in [0.1, 0.15) is 60.1 Å². The summed E-state index contributed by atoms with van der Waals surface area (Å²) < 4.78 is 7.75. The van der Waals surface area contributed by atoms with Crippen LogP contribution in [-0.2, 0) is 26.3 Å². The quantitative estimate of drug-likeness (QED) is 0.661. The van der Waals surface area contributed by atoms with Crippen molar-refractivity contribution in [3.63, 3.8) is 0 Å². The molecule has 1 amide bonds. The number of hydrogen-bond acceptors (Lipinski definition) is 3. The Labute approximate surface area is 175 Å². The predicted octanol–water partition coefficient (Wildman–Crippen LogP) is 4.79. The van der Waals surface area contributed by atoms with E-state index in [9.17, 15) is 9.59 Å². The first-order valence-electron chi connectivity index (χ1n) is 9.69. The molecule has 1 aromatic heterocycles. The molecule has 0 aliphatic carbocycles. The topological polar surface area (TPSA) is 60.3 Å². The van der Waals surface area contributed by atoms with E-state index < -0.39 is 0 Å². The highest BCUT2D eigenvalue weighted by Gasteiger charge is 2.23. The molecule has 0 aliphatic rings. The van der Waals surface area contributed by atoms with E-state index >= 15 is 0 Å². The van der Waals surface area contributed by atoms with Gasteiger partial charge in [-0.25, -0.2) is 0 Å². The van der Waals surface area contributed by atoms with E-state index in [0.717, 1.165) is 53.2 Å². The third-order valence-corrected chi connectivity index (χ3v) is 6.10. The molecule has 0 atom stereocenters. The van der Waals surface area contributed by atoms with Crippen molar-refractivity contribution in [2.75, 3.05) is 12.4 Å². The van der Waals surface area contributed by atoms with Gasteiger partial charge in [0.25, 0.3) is 5.91 Å². The summed E-state index contributed by atoms with van der Waals surface area (Å²) in [4.78, 5) is 26.2. The number of pyridine rings is 1. The second kappa shape index (κ2) is 9.41. The number of anilines is 1. The molecule has 2 rings (SSSR count). The number of methoxy groups -OCH3 is 1. The van der Waals surface area contributed by atoms with Crippen molar-refractivity contribution >= 4 is 27.5 Å². The SMILES string of the molecule is CCCc1c(C(=O)Nc2c(CC)cc(OC)cc2CC)c(=O)c(Br)c(C)n1C. The highest BCUT2D eigenvalue weighted by Crippen LogP contribution is 2.29. The average Bonchev–Trinajstić information content (AvgIpc) is 2.70. The summed E-state index contributed by atoms with van der Waals surface area (Å²) >= 11 is 3.37. The van der Waals surface area contributed by atoms with Crippen LogP contribution in [0, 0.1) is 6.92 Å². The van der Waals surface area contributed by atoms with Crippen LogP contribution in [-0.4, -0.2) is 17.6 Å². The van der Waals surface area contributed by atoms with Gasteiger partial charge in [0.05, 0.1) is 11.6 Å². The number of aromatic nitrogens is 1. The number of hydrogen-bond donors (Lipinski definition) is 1. The standard InChI is InChI=1S/C22H29BrN2O3/c1-7-10-17-18(21(26)19(23)13(4)25(17)5)22(27)24-20-14(8-2)11-16(28-6)12-15(20)9-3/h11-12H,7-10H2,1-6H3,(H,24,27). The van der Waals surface area contributed by atoms with Crippen molar-refractivity contribution in [2.24, 2.45) is 7.05 Å². The van der Waals surface area contributed by atoms with Crippen molar-refractivity contribution in [1.29, 1.82) is 0 Å². The first kappa shape index (κ1) is 22.2. The van der Waals surface area contributed by atoms with Gasteiger partial charge in [-0.15, -0.1) is 0 Å². The number of nitrogens with zero attached hydrogens (tertiary/aromatic N) is 1. The van der Waals surface area contributed by atoms with E-state index in [-0.39, 0.29) is 16.9 Å². The zero-order valence-corrected chi connectivity index (χ0v) is 19.1. The molecule has 1 aromatic carbocycles. The maximum absolute atomic E-state index is 13.3. The number of carbonyl (C=O) groups excluding carboxylic acids is 1. The first-order valence-corrected chi connectivity index (χ1v) is 10.5. The molecule has 0 bridgehead atoms. The number of carbonyl (C=O) groups is 1. The Kier molecular flexibility index (Phi) is 7.47. The van der Waals surface area contributed by atoms with Gasteiger partial charge < -0.3 is 14.6 Å². The van der Waals surface area contributed by atoms with Gasteiger partial charge in [-0.05, 0) is 65.4 Å². The van der Waals surface area contributed by atoms with Crippen molar-refractivity contribution in [2.45, 2.75) is 53.4 Å². The van der Waals surface area contributed by atoms with E-state index in [1.165, 1.54) is 0 Å². The van der Waals surface area contributed by atoms with Gasteiger partial charge in [-0.1, -0.05) is 27.2 Å². The number of rotatable bonds is 7. The molecule has 28 heavy (non-hydrogen) atoms. The van der Waals surface area contributed by atoms with E-state index in [0.29, 0.717) is 10.9 Å². The molecule has 0 spiro atoms. The number of ether oxygens (including phenoxy) is 1. The second-order valence-electron chi connectivity index (χ2n) is 6.84. The molecule has 1 heterocycles. The van der Waals surface area contributed by atoms with Crippen molar-refractivity contribution in [3.8, 4) is 5.75 Å². The highest BCUT2D eigenvalue weighted by molar-refractivity contribution is 9.10. The molecule has 0 unspecified atom stereocenters. The normalized spacial score (nSPS) is 10.8. The molecular weight excluding hydrogens is 420 g/mol. The first-order chi connectivity index (χ1) is 13.3. The molecule has 5 nitrogen and oxygen atoms in total. The van der Waals surface area contributed by atoms with Crippen LogP contribution >= 0.6 is 15.9 Å². The Bertz CT molecular complexity index is 923. The summed E-state index contributed by atoms with van der Waals surface area (Å²) in [6.07, 6.45) is 3.00. The van der Waals surface area contributed by atoms with Gasteiger partial charge in [-0.3, -0.25) is 9.59 Å². The van der Waals surface area contributed by atoms with Gasteiger partial charge in [0.15, 0.2) is 0 Å². The lowest BCUT2D eigenvalue weighted by Gasteiger charge is -2.20. The molecule has 0 radical (unpaired) electrons. The molecule has 152 valence electrons. The summed E-state index contributed by atoms with van der Waals surface area (Å²) in [6.45, 7) is 7.99. The van der Waals surface area contributed by atoms with E-state index in [1.54, 1.807) is 7.11 Å². The number of nitrogens with one attached hydrogen (secondary N) is 1. The largest absolute Gasteiger partial charge is 0.497 e. The van der Waals surface area contributed by atoms with E-state index in [1.807, 2.05) is 51.4 Å². The minimum atomic E-state index is -0.362. The van der Waals surface area contributed by atoms with Crippen LogP contribution in [0.15, 0.2) is 21.4 Å². The maximum Gasteiger partial charge on any atom is 0.261 e. The molecule has 6 heteroatoms. The van der Waals surface area contributed by atoms with Gasteiger partial charge >= 0.3 is 0 Å². The Morgan fingerprint density at radius 2 is 1.75 bits per heavy atom. The Hall–Kier alpha value is -2.08. The summed E-state index contributed by atoms with van der Waals surface area (Å²) in [5.41, 5.74) is 4.28. The zero-order valence-electron chi connectivity index (χ0n) is 17.5. The average molecular weight is 449 g/mol. The number of aryl methyl sites for hydroxylation is 2. The number of amides is 1. The molecule has 0 saturated carbocycles. The third kappa shape index (κ3) is 4.17. The smallest absolute Gasteiger partial charge is 0.261 e. The lowest BCUT2D eigenvalue weighted by atomic mass is 10.0. The Morgan fingerprint density at radius 1 is 1.18 bits per heavy atom. The van der Waals surface area contributed by atoms with Gasteiger partial charge in [0.1, 0.15) is 11.3 Å². The fourth-order valence-corrected chi connectivity index (χ4v) is 3.90. The molecule has 1 N–H and O–H groups in total. The van der Waals surface area contributed by atoms with E-state index in [4.69, 9.17) is 4.74 Å². The van der Waals surface area contributed by atoms with Crippen molar-refractivity contribution in [3.05, 3.63) is 54.9 Å². The van der Waals surface area contributed by atoms with Crippen LogP contribution < -0.4 is 15.5 Å². The molecule has 2 aromatic rings.